The van der Waals surface area contributed by atoms with Crippen molar-refractivity contribution in [2.75, 3.05) is 12.4 Å². The number of aromatic nitrogens is 4. The van der Waals surface area contributed by atoms with Crippen LogP contribution in [0.4, 0.5) is 0 Å². The van der Waals surface area contributed by atoms with Crippen LogP contribution in [0.1, 0.15) is 19.4 Å². The molecule has 0 atom stereocenters. The second-order valence-electron chi connectivity index (χ2n) is 5.83. The Hall–Kier alpha value is -2.15. The number of carbonyl (C=O) groups excluding carboxylic acids is 1. The molecule has 3 aromatic rings. The molecular formula is C16H18N4O2S. The lowest BCUT2D eigenvalue weighted by Gasteiger charge is -2.06. The van der Waals surface area contributed by atoms with Gasteiger partial charge < -0.3 is 9.72 Å². The van der Waals surface area contributed by atoms with Gasteiger partial charge in [-0.1, -0.05) is 37.2 Å². The molecule has 0 aliphatic carbocycles. The van der Waals surface area contributed by atoms with E-state index >= 15 is 0 Å². The molecule has 0 saturated carbocycles. The predicted molar refractivity (Wildman–Crippen MR) is 90.4 cm³/mol. The van der Waals surface area contributed by atoms with Crippen LogP contribution in [0.3, 0.4) is 0 Å². The normalized spacial score (nSPS) is 11.5. The molecule has 0 radical (unpaired) electrons. The smallest absolute Gasteiger partial charge is 0.316 e. The van der Waals surface area contributed by atoms with Crippen molar-refractivity contribution in [2.24, 2.45) is 5.92 Å². The predicted octanol–water partition coefficient (Wildman–Crippen LogP) is 3.11. The first-order valence-corrected chi connectivity index (χ1v) is 8.42. The molecule has 23 heavy (non-hydrogen) atoms. The van der Waals surface area contributed by atoms with Gasteiger partial charge in [-0.15, -0.1) is 10.2 Å². The molecule has 0 unspecified atom stereocenters. The molecule has 1 aromatic carbocycles. The van der Waals surface area contributed by atoms with Crippen molar-refractivity contribution < 1.29 is 9.53 Å². The molecule has 0 aliphatic heterocycles. The number of aromatic amines is 1. The average molecular weight is 330 g/mol. The Labute approximate surface area is 138 Å². The highest BCUT2D eigenvalue weighted by molar-refractivity contribution is 7.99. The van der Waals surface area contributed by atoms with Crippen molar-refractivity contribution in [3.05, 3.63) is 23.8 Å². The van der Waals surface area contributed by atoms with Crippen LogP contribution in [0.15, 0.2) is 23.4 Å². The summed E-state index contributed by atoms with van der Waals surface area (Å²) in [6.45, 7) is 6.46. The van der Waals surface area contributed by atoms with Crippen molar-refractivity contribution in [1.29, 1.82) is 0 Å². The number of hydrogen-bond donors (Lipinski definition) is 1. The number of rotatable bonds is 5. The summed E-state index contributed by atoms with van der Waals surface area (Å²) in [6, 6.07) is 6.09. The number of fused-ring (bicyclic) bond motifs is 3. The lowest BCUT2D eigenvalue weighted by atomic mass is 10.2. The maximum Gasteiger partial charge on any atom is 0.316 e. The van der Waals surface area contributed by atoms with Crippen LogP contribution in [-0.2, 0) is 9.53 Å². The Morgan fingerprint density at radius 1 is 1.35 bits per heavy atom. The Balaban J connectivity index is 1.75. The van der Waals surface area contributed by atoms with Gasteiger partial charge >= 0.3 is 5.97 Å². The highest BCUT2D eigenvalue weighted by Gasteiger charge is 2.11. The van der Waals surface area contributed by atoms with E-state index in [9.17, 15) is 4.79 Å². The molecule has 6 nitrogen and oxygen atoms in total. The van der Waals surface area contributed by atoms with E-state index in [2.05, 4.69) is 26.2 Å². The lowest BCUT2D eigenvalue weighted by molar-refractivity contribution is -0.141. The van der Waals surface area contributed by atoms with Crippen molar-refractivity contribution in [3.8, 4) is 0 Å². The van der Waals surface area contributed by atoms with Gasteiger partial charge in [-0.25, -0.2) is 4.98 Å². The summed E-state index contributed by atoms with van der Waals surface area (Å²) >= 11 is 1.23. The van der Waals surface area contributed by atoms with Crippen LogP contribution >= 0.6 is 11.8 Å². The fourth-order valence-electron chi connectivity index (χ4n) is 2.16. The lowest BCUT2D eigenvalue weighted by Crippen LogP contribution is -2.12. The van der Waals surface area contributed by atoms with E-state index in [1.54, 1.807) is 0 Å². The number of hydrogen-bond acceptors (Lipinski definition) is 6. The number of aryl methyl sites for hydroxylation is 1. The summed E-state index contributed by atoms with van der Waals surface area (Å²) in [4.78, 5) is 19.3. The van der Waals surface area contributed by atoms with Crippen molar-refractivity contribution >= 4 is 39.8 Å². The molecule has 0 fully saturated rings. The number of nitrogens with one attached hydrogen (secondary N) is 1. The topological polar surface area (TPSA) is 80.8 Å². The average Bonchev–Trinajstić information content (AvgIpc) is 2.88. The Bertz CT molecular complexity index is 860. The van der Waals surface area contributed by atoms with E-state index in [4.69, 9.17) is 4.74 Å². The van der Waals surface area contributed by atoms with Crippen LogP contribution in [0.2, 0.25) is 0 Å². The van der Waals surface area contributed by atoms with E-state index in [1.165, 1.54) is 11.8 Å². The molecule has 0 spiro atoms. The standard InChI is InChI=1S/C16H18N4O2S/c1-9(2)7-22-13(21)8-23-16-18-15-14(19-20-16)11-6-10(3)4-5-12(11)17-15/h4-6,9H,7-8H2,1-3H3,(H,17,18,20). The van der Waals surface area contributed by atoms with E-state index in [-0.39, 0.29) is 11.7 Å². The zero-order chi connectivity index (χ0) is 16.4. The molecule has 1 N–H and O–H groups in total. The maximum atomic E-state index is 11.6. The summed E-state index contributed by atoms with van der Waals surface area (Å²) in [6.07, 6.45) is 0. The summed E-state index contributed by atoms with van der Waals surface area (Å²) in [5.41, 5.74) is 3.56. The van der Waals surface area contributed by atoms with Gasteiger partial charge in [-0.2, -0.15) is 0 Å². The van der Waals surface area contributed by atoms with Crippen LogP contribution in [0.5, 0.6) is 0 Å². The molecule has 7 heteroatoms. The van der Waals surface area contributed by atoms with Gasteiger partial charge in [0.25, 0.3) is 0 Å². The van der Waals surface area contributed by atoms with Crippen LogP contribution in [0.25, 0.3) is 22.1 Å². The Morgan fingerprint density at radius 2 is 2.17 bits per heavy atom. The van der Waals surface area contributed by atoms with Crippen molar-refractivity contribution in [2.45, 2.75) is 25.9 Å². The van der Waals surface area contributed by atoms with E-state index < -0.39 is 0 Å². The minimum atomic E-state index is -0.264. The summed E-state index contributed by atoms with van der Waals surface area (Å²) < 4.78 is 5.13. The Kier molecular flexibility index (Phi) is 4.47. The fraction of sp³-hybridized carbons (Fsp3) is 0.375. The minimum absolute atomic E-state index is 0.180. The van der Waals surface area contributed by atoms with Gasteiger partial charge in [0.05, 0.1) is 12.4 Å². The number of ether oxygens (including phenoxy) is 1. The summed E-state index contributed by atoms with van der Waals surface area (Å²) in [5.74, 6) is 0.242. The first kappa shape index (κ1) is 15.7. The molecule has 0 bridgehead atoms. The SMILES string of the molecule is Cc1ccc2[nH]c3nc(SCC(=O)OCC(C)C)nnc3c2c1. The Morgan fingerprint density at radius 3 is 2.96 bits per heavy atom. The summed E-state index contributed by atoms with van der Waals surface area (Å²) in [5, 5.41) is 9.81. The molecule has 2 aromatic heterocycles. The van der Waals surface area contributed by atoms with Crippen molar-refractivity contribution in [1.82, 2.24) is 20.2 Å². The fourth-order valence-corrected chi connectivity index (χ4v) is 2.74. The van der Waals surface area contributed by atoms with Crippen LogP contribution in [0, 0.1) is 12.8 Å². The van der Waals surface area contributed by atoms with Gasteiger partial charge in [-0.3, -0.25) is 4.79 Å². The van der Waals surface area contributed by atoms with Crippen molar-refractivity contribution in [3.63, 3.8) is 0 Å². The minimum Gasteiger partial charge on any atom is -0.465 e. The first-order chi connectivity index (χ1) is 11.0. The molecule has 0 saturated heterocycles. The molecule has 120 valence electrons. The number of thioether (sulfide) groups is 1. The number of nitrogens with zero attached hydrogens (tertiary/aromatic N) is 3. The molecular weight excluding hydrogens is 312 g/mol. The van der Waals surface area contributed by atoms with Crippen LogP contribution < -0.4 is 0 Å². The zero-order valence-electron chi connectivity index (χ0n) is 13.3. The zero-order valence-corrected chi connectivity index (χ0v) is 14.1. The third-order valence-corrected chi connectivity index (χ3v) is 4.06. The molecule has 0 aliphatic rings. The highest BCUT2D eigenvalue weighted by Crippen LogP contribution is 2.24. The number of H-pyrrole nitrogens is 1. The molecule has 3 rings (SSSR count). The second-order valence-corrected chi connectivity index (χ2v) is 6.77. The summed E-state index contributed by atoms with van der Waals surface area (Å²) in [7, 11) is 0. The third kappa shape index (κ3) is 3.61. The van der Waals surface area contributed by atoms with E-state index in [0.717, 1.165) is 22.0 Å². The van der Waals surface area contributed by atoms with E-state index in [1.807, 2.05) is 32.9 Å². The van der Waals surface area contributed by atoms with Gasteiger partial charge in [0, 0.05) is 10.9 Å². The van der Waals surface area contributed by atoms with Gasteiger partial charge in [0.2, 0.25) is 5.16 Å². The van der Waals surface area contributed by atoms with Crippen LogP contribution in [-0.4, -0.2) is 38.5 Å². The van der Waals surface area contributed by atoms with E-state index in [0.29, 0.717) is 23.3 Å². The number of carbonyl (C=O) groups is 1. The molecule has 0 amide bonds. The second kappa shape index (κ2) is 6.54. The van der Waals surface area contributed by atoms with Gasteiger partial charge in [-0.05, 0) is 25.0 Å². The van der Waals surface area contributed by atoms with Gasteiger partial charge in [0.15, 0.2) is 5.65 Å². The maximum absolute atomic E-state index is 11.6. The third-order valence-electron chi connectivity index (χ3n) is 3.25. The molecule has 2 heterocycles. The number of benzene rings is 1. The first-order valence-electron chi connectivity index (χ1n) is 7.44. The monoisotopic (exact) mass is 330 g/mol. The number of esters is 1. The highest BCUT2D eigenvalue weighted by atomic mass is 32.2. The quantitative estimate of drug-likeness (QED) is 0.572. The largest absolute Gasteiger partial charge is 0.465 e. The van der Waals surface area contributed by atoms with Gasteiger partial charge in [0.1, 0.15) is 5.52 Å².